The van der Waals surface area contributed by atoms with E-state index >= 15 is 0 Å². The molecule has 3 aliphatic rings. The number of halogens is 3. The molecular weight excluding hydrogens is 579 g/mol. The largest absolute Gasteiger partial charge is 0.471 e. The number of amides is 2. The van der Waals surface area contributed by atoms with E-state index in [1.54, 1.807) is 25.3 Å². The second kappa shape index (κ2) is 13.9. The van der Waals surface area contributed by atoms with Crippen LogP contribution in [0.25, 0.3) is 0 Å². The van der Waals surface area contributed by atoms with Crippen LogP contribution in [0, 0.1) is 5.92 Å². The number of hydrogen-bond acceptors (Lipinski definition) is 7. The minimum atomic E-state index is -5.04. The van der Waals surface area contributed by atoms with Crippen molar-refractivity contribution >= 4 is 17.5 Å². The summed E-state index contributed by atoms with van der Waals surface area (Å²) in [6, 6.07) is 13.6. The number of methoxy groups -OCH3 is 1. The highest BCUT2D eigenvalue weighted by atomic mass is 19.4. The lowest BCUT2D eigenvalue weighted by atomic mass is 9.90. The van der Waals surface area contributed by atoms with Crippen molar-refractivity contribution < 1.29 is 42.1 Å². The average Bonchev–Trinajstić information content (AvgIpc) is 3.68. The molecule has 0 aliphatic carbocycles. The number of alkyl halides is 3. The molecule has 0 saturated carbocycles. The van der Waals surface area contributed by atoms with Gasteiger partial charge < -0.3 is 29.5 Å². The highest BCUT2D eigenvalue weighted by Crippen LogP contribution is 2.42. The van der Waals surface area contributed by atoms with Gasteiger partial charge in [0.1, 0.15) is 6.04 Å². The number of ether oxygens (including phenoxy) is 3. The minimum absolute atomic E-state index is 0.0163. The molecule has 44 heavy (non-hydrogen) atoms. The van der Waals surface area contributed by atoms with Gasteiger partial charge in [-0.05, 0) is 55.5 Å². The van der Waals surface area contributed by atoms with Gasteiger partial charge in [-0.15, -0.1) is 0 Å². The average molecular weight is 620 g/mol. The first-order valence-electron chi connectivity index (χ1n) is 15.1. The number of carbonyl (C=O) groups excluding carboxylic acids is 2. The SMILES string of the molecule is COC[C@@H]1CCCN1C[C@H]1O[C@@H](c2cccc(NC(=O)[C@@H]3CCCN3C(=O)C(F)(F)F)c2)O[C@@H](c2ccc(CO)cc2)[C@H]1C. The van der Waals surface area contributed by atoms with Crippen LogP contribution >= 0.6 is 0 Å². The van der Waals surface area contributed by atoms with Gasteiger partial charge >= 0.3 is 12.1 Å². The number of anilines is 1. The number of nitrogens with one attached hydrogen (secondary N) is 1. The Hall–Kier alpha value is -3.03. The van der Waals surface area contributed by atoms with E-state index in [1.165, 1.54) is 0 Å². The van der Waals surface area contributed by atoms with E-state index in [1.807, 2.05) is 30.3 Å². The summed E-state index contributed by atoms with van der Waals surface area (Å²) in [6.07, 6.45) is -3.76. The second-order valence-electron chi connectivity index (χ2n) is 11.8. The van der Waals surface area contributed by atoms with Crippen LogP contribution in [0.1, 0.15) is 61.7 Å². The summed E-state index contributed by atoms with van der Waals surface area (Å²) >= 11 is 0. The van der Waals surface area contributed by atoms with Crippen LogP contribution in [0.4, 0.5) is 18.9 Å². The number of aliphatic hydroxyl groups is 1. The van der Waals surface area contributed by atoms with Gasteiger partial charge in [-0.2, -0.15) is 13.2 Å². The maximum absolute atomic E-state index is 13.1. The van der Waals surface area contributed by atoms with Crippen LogP contribution in [0.5, 0.6) is 0 Å². The first-order chi connectivity index (χ1) is 21.1. The Morgan fingerprint density at radius 3 is 2.50 bits per heavy atom. The molecule has 0 aromatic heterocycles. The zero-order chi connectivity index (χ0) is 31.4. The first-order valence-corrected chi connectivity index (χ1v) is 15.1. The number of carbonyl (C=O) groups is 2. The number of aliphatic hydroxyl groups excluding tert-OH is 1. The molecular formula is C32H40F3N3O6. The first kappa shape index (κ1) is 32.4. The quantitative estimate of drug-likeness (QED) is 0.424. The smallest absolute Gasteiger partial charge is 0.392 e. The minimum Gasteiger partial charge on any atom is -0.392 e. The van der Waals surface area contributed by atoms with Crippen LogP contribution in [-0.4, -0.2) is 84.4 Å². The zero-order valence-corrected chi connectivity index (χ0v) is 25.0. The van der Waals surface area contributed by atoms with Crippen molar-refractivity contribution in [2.75, 3.05) is 38.7 Å². The normalized spacial score (nSPS) is 27.9. The van der Waals surface area contributed by atoms with Crippen molar-refractivity contribution in [3.05, 3.63) is 65.2 Å². The second-order valence-corrected chi connectivity index (χ2v) is 11.8. The molecule has 6 atom stereocenters. The molecule has 3 heterocycles. The van der Waals surface area contributed by atoms with Crippen molar-refractivity contribution in [2.24, 2.45) is 5.92 Å². The molecule has 3 fully saturated rings. The fourth-order valence-corrected chi connectivity index (χ4v) is 6.51. The summed E-state index contributed by atoms with van der Waals surface area (Å²) in [5.74, 6) is -2.69. The van der Waals surface area contributed by atoms with Gasteiger partial charge in [0, 0.05) is 43.4 Å². The maximum atomic E-state index is 13.1. The molecule has 3 saturated heterocycles. The van der Waals surface area contributed by atoms with Crippen molar-refractivity contribution in [1.29, 1.82) is 0 Å². The highest BCUT2D eigenvalue weighted by molar-refractivity contribution is 5.98. The van der Waals surface area contributed by atoms with E-state index in [0.29, 0.717) is 41.8 Å². The van der Waals surface area contributed by atoms with Crippen LogP contribution in [0.3, 0.4) is 0 Å². The van der Waals surface area contributed by atoms with E-state index < -0.39 is 30.3 Å². The molecule has 12 heteroatoms. The lowest BCUT2D eigenvalue weighted by molar-refractivity contribution is -0.276. The highest BCUT2D eigenvalue weighted by Gasteiger charge is 2.48. The fourth-order valence-electron chi connectivity index (χ4n) is 6.51. The summed E-state index contributed by atoms with van der Waals surface area (Å²) in [5, 5.41) is 12.2. The van der Waals surface area contributed by atoms with Gasteiger partial charge in [0.2, 0.25) is 5.91 Å². The Labute approximate surface area is 255 Å². The van der Waals surface area contributed by atoms with Gasteiger partial charge in [-0.3, -0.25) is 14.5 Å². The topological polar surface area (TPSA) is 101 Å². The monoisotopic (exact) mass is 619 g/mol. The van der Waals surface area contributed by atoms with Crippen molar-refractivity contribution in [1.82, 2.24) is 9.80 Å². The number of nitrogens with zero attached hydrogens (tertiary/aromatic N) is 2. The Balaban J connectivity index is 1.36. The molecule has 5 rings (SSSR count). The third-order valence-corrected chi connectivity index (χ3v) is 8.88. The maximum Gasteiger partial charge on any atom is 0.471 e. The number of hydrogen-bond donors (Lipinski definition) is 2. The van der Waals surface area contributed by atoms with Gasteiger partial charge in [0.15, 0.2) is 6.29 Å². The van der Waals surface area contributed by atoms with Crippen LogP contribution in [0.2, 0.25) is 0 Å². The van der Waals surface area contributed by atoms with Crippen LogP contribution in [0.15, 0.2) is 48.5 Å². The summed E-state index contributed by atoms with van der Waals surface area (Å²) < 4.78 is 57.8. The van der Waals surface area contributed by atoms with Gasteiger partial charge in [-0.1, -0.05) is 43.3 Å². The molecule has 2 amide bonds. The summed E-state index contributed by atoms with van der Waals surface area (Å²) in [4.78, 5) is 27.9. The number of benzene rings is 2. The van der Waals surface area contributed by atoms with E-state index in [2.05, 4.69) is 17.1 Å². The molecule has 2 aromatic rings. The van der Waals surface area contributed by atoms with Gasteiger partial charge in [0.25, 0.3) is 0 Å². The van der Waals surface area contributed by atoms with E-state index in [-0.39, 0.29) is 37.7 Å². The summed E-state index contributed by atoms with van der Waals surface area (Å²) in [5.41, 5.74) is 2.75. The third-order valence-electron chi connectivity index (χ3n) is 8.88. The third kappa shape index (κ3) is 7.26. The van der Waals surface area contributed by atoms with Gasteiger partial charge in [-0.25, -0.2) is 0 Å². The molecule has 0 bridgehead atoms. The Bertz CT molecular complexity index is 1290. The van der Waals surface area contributed by atoms with Crippen LogP contribution in [-0.2, 0) is 30.4 Å². The molecule has 0 radical (unpaired) electrons. The standard InChI is InChI=1S/C32H40F3N3O6/c1-20-27(17-37-14-4-8-25(37)19-42-2)43-30(44-28(20)22-12-10-21(18-39)11-13-22)23-6-3-7-24(16-23)36-29(40)26-9-5-15-38(26)31(41)32(33,34)35/h3,6-7,10-13,16,20,25-28,30,39H,4-5,8-9,14-15,17-19H2,1-2H3,(H,36,40)/t20-,25-,26-,27+,28+,30+/m0/s1. The van der Waals surface area contributed by atoms with E-state index in [4.69, 9.17) is 14.2 Å². The summed E-state index contributed by atoms with van der Waals surface area (Å²) in [6.45, 7) is 4.18. The predicted octanol–water partition coefficient (Wildman–Crippen LogP) is 4.57. The van der Waals surface area contributed by atoms with E-state index in [9.17, 15) is 27.9 Å². The van der Waals surface area contributed by atoms with Crippen molar-refractivity contribution in [2.45, 2.75) is 76.0 Å². The Morgan fingerprint density at radius 2 is 1.80 bits per heavy atom. The molecule has 9 nitrogen and oxygen atoms in total. The molecule has 240 valence electrons. The Morgan fingerprint density at radius 1 is 1.05 bits per heavy atom. The fraction of sp³-hybridized carbons (Fsp3) is 0.562. The van der Waals surface area contributed by atoms with Gasteiger partial charge in [0.05, 0.1) is 25.4 Å². The molecule has 2 aromatic carbocycles. The predicted molar refractivity (Wildman–Crippen MR) is 155 cm³/mol. The van der Waals surface area contributed by atoms with Crippen molar-refractivity contribution in [3.63, 3.8) is 0 Å². The summed E-state index contributed by atoms with van der Waals surface area (Å²) in [7, 11) is 1.70. The van der Waals surface area contributed by atoms with Crippen molar-refractivity contribution in [3.8, 4) is 0 Å². The Kier molecular flexibility index (Phi) is 10.3. The van der Waals surface area contributed by atoms with Crippen LogP contribution < -0.4 is 5.32 Å². The molecule has 0 spiro atoms. The molecule has 2 N–H and O–H groups in total. The number of likely N-dealkylation sites (tertiary alicyclic amines) is 2. The lowest BCUT2D eigenvalue weighted by Gasteiger charge is -2.43. The molecule has 3 aliphatic heterocycles. The number of rotatable bonds is 9. The van der Waals surface area contributed by atoms with E-state index in [0.717, 1.165) is 30.5 Å². The molecule has 0 unspecified atom stereocenters. The zero-order valence-electron chi connectivity index (χ0n) is 25.0. The lowest BCUT2D eigenvalue weighted by Crippen LogP contribution is -2.48.